The lowest BCUT2D eigenvalue weighted by Gasteiger charge is -2.05. The summed E-state index contributed by atoms with van der Waals surface area (Å²) in [7, 11) is 3.30. The van der Waals surface area contributed by atoms with Gasteiger partial charge in [0, 0.05) is 32.9 Å². The largest absolute Gasteiger partial charge is 0.497 e. The summed E-state index contributed by atoms with van der Waals surface area (Å²) in [6, 6.07) is 7.77. The van der Waals surface area contributed by atoms with Gasteiger partial charge in [-0.3, -0.25) is 9.48 Å². The van der Waals surface area contributed by atoms with Gasteiger partial charge in [-0.05, 0) is 17.7 Å². The molecule has 0 spiro atoms. The summed E-state index contributed by atoms with van der Waals surface area (Å²) in [4.78, 5) is 12.0. The quantitative estimate of drug-likeness (QED) is 0.632. The standard InChI is InChI=1S/C17H24N4O3/c1-23-10-9-18-7-8-19-17(22)15-11-20-21(13-15)12-14-3-5-16(24-2)6-4-14/h3-6,11,13,18H,7-10,12H2,1-2H3,(H,19,22). The Morgan fingerprint density at radius 3 is 2.67 bits per heavy atom. The SMILES string of the molecule is COCCNCCNC(=O)c1cnn(Cc2ccc(OC)cc2)c1. The second-order valence-electron chi connectivity index (χ2n) is 5.27. The summed E-state index contributed by atoms with van der Waals surface area (Å²) in [5, 5.41) is 10.3. The second kappa shape index (κ2) is 9.69. The van der Waals surface area contributed by atoms with Crippen LogP contribution < -0.4 is 15.4 Å². The Hall–Kier alpha value is -2.38. The molecule has 0 aliphatic carbocycles. The van der Waals surface area contributed by atoms with Gasteiger partial charge in [0.05, 0.1) is 32.0 Å². The molecule has 1 aromatic heterocycles. The molecule has 0 fully saturated rings. The second-order valence-corrected chi connectivity index (χ2v) is 5.27. The highest BCUT2D eigenvalue weighted by Gasteiger charge is 2.08. The highest BCUT2D eigenvalue weighted by atomic mass is 16.5. The minimum atomic E-state index is -0.121. The number of hydrogen-bond acceptors (Lipinski definition) is 5. The van der Waals surface area contributed by atoms with Gasteiger partial charge in [0.15, 0.2) is 0 Å². The topological polar surface area (TPSA) is 77.4 Å². The molecule has 0 atom stereocenters. The van der Waals surface area contributed by atoms with E-state index in [1.807, 2.05) is 24.3 Å². The van der Waals surface area contributed by atoms with Gasteiger partial charge in [-0.1, -0.05) is 12.1 Å². The Balaban J connectivity index is 1.78. The monoisotopic (exact) mass is 332 g/mol. The summed E-state index contributed by atoms with van der Waals surface area (Å²) >= 11 is 0. The Kier molecular flexibility index (Phi) is 7.25. The van der Waals surface area contributed by atoms with E-state index >= 15 is 0 Å². The lowest BCUT2D eigenvalue weighted by Crippen LogP contribution is -2.32. The fraction of sp³-hybridized carbons (Fsp3) is 0.412. The minimum Gasteiger partial charge on any atom is -0.497 e. The molecule has 2 N–H and O–H groups in total. The van der Waals surface area contributed by atoms with E-state index in [-0.39, 0.29) is 5.91 Å². The zero-order valence-corrected chi connectivity index (χ0v) is 14.1. The van der Waals surface area contributed by atoms with E-state index in [0.717, 1.165) is 17.9 Å². The van der Waals surface area contributed by atoms with E-state index in [9.17, 15) is 4.79 Å². The van der Waals surface area contributed by atoms with Crippen molar-refractivity contribution in [3.63, 3.8) is 0 Å². The van der Waals surface area contributed by atoms with Crippen LogP contribution in [0.25, 0.3) is 0 Å². The first-order chi connectivity index (χ1) is 11.7. The van der Waals surface area contributed by atoms with Crippen molar-refractivity contribution in [2.75, 3.05) is 40.5 Å². The molecule has 7 heteroatoms. The Morgan fingerprint density at radius 2 is 1.96 bits per heavy atom. The van der Waals surface area contributed by atoms with Gasteiger partial charge in [-0.15, -0.1) is 0 Å². The molecular weight excluding hydrogens is 308 g/mol. The molecule has 0 bridgehead atoms. The molecule has 0 aliphatic rings. The summed E-state index contributed by atoms with van der Waals surface area (Å²) in [6.07, 6.45) is 3.33. The predicted octanol–water partition coefficient (Wildman–Crippen LogP) is 0.906. The predicted molar refractivity (Wildman–Crippen MR) is 91.4 cm³/mol. The first kappa shape index (κ1) is 18.0. The van der Waals surface area contributed by atoms with E-state index in [2.05, 4.69) is 15.7 Å². The molecule has 24 heavy (non-hydrogen) atoms. The van der Waals surface area contributed by atoms with Crippen LogP contribution in [0.15, 0.2) is 36.7 Å². The molecule has 0 aliphatic heterocycles. The highest BCUT2D eigenvalue weighted by molar-refractivity contribution is 5.93. The molecule has 0 radical (unpaired) electrons. The molecule has 7 nitrogen and oxygen atoms in total. The van der Waals surface area contributed by atoms with Crippen molar-refractivity contribution in [3.05, 3.63) is 47.8 Å². The lowest BCUT2D eigenvalue weighted by atomic mass is 10.2. The van der Waals surface area contributed by atoms with Gasteiger partial charge in [0.2, 0.25) is 0 Å². The summed E-state index contributed by atoms with van der Waals surface area (Å²) in [5.74, 6) is 0.697. The van der Waals surface area contributed by atoms with Crippen LogP contribution in [-0.4, -0.2) is 56.1 Å². The van der Waals surface area contributed by atoms with Crippen molar-refractivity contribution in [2.24, 2.45) is 0 Å². The van der Waals surface area contributed by atoms with Crippen LogP contribution in [0.3, 0.4) is 0 Å². The molecule has 0 saturated heterocycles. The molecule has 2 aromatic rings. The van der Waals surface area contributed by atoms with Crippen molar-refractivity contribution in [2.45, 2.75) is 6.54 Å². The van der Waals surface area contributed by atoms with Crippen LogP contribution in [0.4, 0.5) is 0 Å². The maximum Gasteiger partial charge on any atom is 0.254 e. The van der Waals surface area contributed by atoms with E-state index in [1.54, 1.807) is 31.3 Å². The van der Waals surface area contributed by atoms with Crippen LogP contribution >= 0.6 is 0 Å². The number of carbonyl (C=O) groups excluding carboxylic acids is 1. The first-order valence-electron chi connectivity index (χ1n) is 7.86. The normalized spacial score (nSPS) is 10.6. The Bertz CT molecular complexity index is 625. The number of hydrogen-bond donors (Lipinski definition) is 2. The number of rotatable bonds is 10. The molecule has 2 rings (SSSR count). The molecule has 1 amide bonds. The highest BCUT2D eigenvalue weighted by Crippen LogP contribution is 2.12. The van der Waals surface area contributed by atoms with E-state index in [1.165, 1.54) is 0 Å². The zero-order chi connectivity index (χ0) is 17.2. The number of benzene rings is 1. The van der Waals surface area contributed by atoms with Crippen molar-refractivity contribution in [1.29, 1.82) is 0 Å². The van der Waals surface area contributed by atoms with Crippen LogP contribution in [0.2, 0.25) is 0 Å². The average Bonchev–Trinajstić information content (AvgIpc) is 3.07. The fourth-order valence-electron chi connectivity index (χ4n) is 2.15. The van der Waals surface area contributed by atoms with Gasteiger partial charge in [-0.25, -0.2) is 0 Å². The molecular formula is C17H24N4O3. The number of ether oxygens (including phenoxy) is 2. The maximum atomic E-state index is 12.0. The number of methoxy groups -OCH3 is 2. The van der Waals surface area contributed by atoms with E-state index in [4.69, 9.17) is 9.47 Å². The molecule has 130 valence electrons. The van der Waals surface area contributed by atoms with Crippen LogP contribution in [0.1, 0.15) is 15.9 Å². The van der Waals surface area contributed by atoms with Crippen molar-refractivity contribution < 1.29 is 14.3 Å². The third-order valence-electron chi connectivity index (χ3n) is 3.47. The lowest BCUT2D eigenvalue weighted by molar-refractivity contribution is 0.0953. The minimum absolute atomic E-state index is 0.121. The molecule has 0 unspecified atom stereocenters. The molecule has 0 saturated carbocycles. The van der Waals surface area contributed by atoms with Gasteiger partial charge < -0.3 is 20.1 Å². The van der Waals surface area contributed by atoms with Crippen LogP contribution in [0, 0.1) is 0 Å². The Morgan fingerprint density at radius 1 is 1.17 bits per heavy atom. The van der Waals surface area contributed by atoms with Crippen molar-refractivity contribution in [1.82, 2.24) is 20.4 Å². The summed E-state index contributed by atoms with van der Waals surface area (Å²) in [5.41, 5.74) is 1.65. The van der Waals surface area contributed by atoms with Gasteiger partial charge in [-0.2, -0.15) is 5.10 Å². The van der Waals surface area contributed by atoms with Gasteiger partial charge in [0.25, 0.3) is 5.91 Å². The van der Waals surface area contributed by atoms with Gasteiger partial charge in [0.1, 0.15) is 5.75 Å². The van der Waals surface area contributed by atoms with Crippen LogP contribution in [0.5, 0.6) is 5.75 Å². The Labute approximate surface area is 142 Å². The first-order valence-corrected chi connectivity index (χ1v) is 7.86. The fourth-order valence-corrected chi connectivity index (χ4v) is 2.15. The number of nitrogens with one attached hydrogen (secondary N) is 2. The van der Waals surface area contributed by atoms with E-state index in [0.29, 0.717) is 31.8 Å². The van der Waals surface area contributed by atoms with Crippen LogP contribution in [-0.2, 0) is 11.3 Å². The third-order valence-corrected chi connectivity index (χ3v) is 3.47. The van der Waals surface area contributed by atoms with Crippen molar-refractivity contribution in [3.8, 4) is 5.75 Å². The molecule has 1 heterocycles. The van der Waals surface area contributed by atoms with Crippen molar-refractivity contribution >= 4 is 5.91 Å². The smallest absolute Gasteiger partial charge is 0.254 e. The molecule has 1 aromatic carbocycles. The van der Waals surface area contributed by atoms with E-state index < -0.39 is 0 Å². The number of nitrogens with zero attached hydrogens (tertiary/aromatic N) is 2. The third kappa shape index (κ3) is 5.68. The number of carbonyl (C=O) groups is 1. The summed E-state index contributed by atoms with van der Waals surface area (Å²) < 4.78 is 11.8. The maximum absolute atomic E-state index is 12.0. The zero-order valence-electron chi connectivity index (χ0n) is 14.1. The number of amides is 1. The van der Waals surface area contributed by atoms with Gasteiger partial charge >= 0.3 is 0 Å². The summed E-state index contributed by atoms with van der Waals surface area (Å²) in [6.45, 7) is 3.30. The average molecular weight is 332 g/mol. The number of aromatic nitrogens is 2.